The fourth-order valence-electron chi connectivity index (χ4n) is 3.52. The van der Waals surface area contributed by atoms with Crippen LogP contribution in [0.15, 0.2) is 23.4 Å². The second kappa shape index (κ2) is 3.53. The lowest BCUT2D eigenvalue weighted by atomic mass is 9.89. The Morgan fingerprint density at radius 1 is 1.22 bits per heavy atom. The number of aryl methyl sites for hydroxylation is 2. The van der Waals surface area contributed by atoms with Crippen LogP contribution in [-0.4, -0.2) is 22.6 Å². The van der Waals surface area contributed by atoms with Gasteiger partial charge in [-0.2, -0.15) is 0 Å². The van der Waals surface area contributed by atoms with E-state index in [1.165, 1.54) is 11.1 Å². The topological polar surface area (TPSA) is 8.17 Å². The van der Waals surface area contributed by atoms with Crippen LogP contribution in [0.1, 0.15) is 37.7 Å². The fraction of sp³-hybridized carbons (Fsp3) is 0.429. The molecule has 0 amide bonds. The predicted octanol–water partition coefficient (Wildman–Crippen LogP) is 3.30. The van der Waals surface area contributed by atoms with E-state index in [0.717, 1.165) is 22.6 Å². The highest BCUT2D eigenvalue weighted by molar-refractivity contribution is 6.48. The maximum absolute atomic E-state index is 14.8. The van der Waals surface area contributed by atoms with Crippen LogP contribution in [0.4, 0.5) is 4.32 Å². The maximum atomic E-state index is 14.8. The van der Waals surface area contributed by atoms with Crippen molar-refractivity contribution in [1.29, 1.82) is 0 Å². The van der Waals surface area contributed by atoms with E-state index in [2.05, 4.69) is 32.9 Å². The molecule has 1 aromatic heterocycles. The van der Waals surface area contributed by atoms with Crippen molar-refractivity contribution in [2.75, 3.05) is 0 Å². The zero-order chi connectivity index (χ0) is 13.2. The average Bonchev–Trinajstić information content (AvgIpc) is 2.73. The first-order valence-corrected chi connectivity index (χ1v) is 6.44. The molecule has 2 aliphatic heterocycles. The number of halogens is 1. The molecule has 0 spiro atoms. The van der Waals surface area contributed by atoms with E-state index in [1.54, 1.807) is 0 Å². The maximum Gasteiger partial charge on any atom is 0.592 e. The van der Waals surface area contributed by atoms with Crippen LogP contribution in [0, 0.1) is 13.8 Å². The van der Waals surface area contributed by atoms with E-state index >= 15 is 0 Å². The minimum absolute atomic E-state index is 0.125. The van der Waals surface area contributed by atoms with Gasteiger partial charge >= 0.3 is 7.26 Å². The molecule has 0 bridgehead atoms. The summed E-state index contributed by atoms with van der Waals surface area (Å²) in [5, 5.41) is 0. The van der Waals surface area contributed by atoms with Crippen molar-refractivity contribution in [2.24, 2.45) is 0 Å². The minimum atomic E-state index is -1.09. The summed E-state index contributed by atoms with van der Waals surface area (Å²) in [6.45, 7) is 10.3. The van der Waals surface area contributed by atoms with Gasteiger partial charge in [0.1, 0.15) is 0 Å². The van der Waals surface area contributed by atoms with Gasteiger partial charge in [-0.1, -0.05) is 6.08 Å². The Morgan fingerprint density at radius 2 is 1.89 bits per heavy atom. The van der Waals surface area contributed by atoms with Gasteiger partial charge in [-0.3, -0.25) is 4.32 Å². The number of nitrogens with zero attached hydrogens (tertiary/aromatic N) is 2. The van der Waals surface area contributed by atoms with Crippen molar-refractivity contribution >= 4 is 12.8 Å². The Bertz CT molecular complexity index is 597. The molecule has 94 valence electrons. The summed E-state index contributed by atoms with van der Waals surface area (Å²) in [4.78, 5) is 1.88. The molecule has 0 saturated heterocycles. The third-order valence-corrected chi connectivity index (χ3v) is 4.13. The zero-order valence-corrected chi connectivity index (χ0v) is 11.6. The Morgan fingerprint density at radius 3 is 2.56 bits per heavy atom. The first-order chi connectivity index (χ1) is 8.43. The van der Waals surface area contributed by atoms with Gasteiger partial charge in [0.05, 0.1) is 0 Å². The van der Waals surface area contributed by atoms with Crippen molar-refractivity contribution in [3.05, 3.63) is 40.4 Å². The highest BCUT2D eigenvalue weighted by Crippen LogP contribution is 2.40. The molecule has 2 nitrogen and oxygen atoms in total. The summed E-state index contributed by atoms with van der Waals surface area (Å²) in [5.41, 5.74) is 6.65. The molecule has 0 aromatic carbocycles. The Balaban J connectivity index is 2.32. The number of rotatable bonds is 0. The van der Waals surface area contributed by atoms with Crippen LogP contribution in [0.5, 0.6) is 0 Å². The Labute approximate surface area is 108 Å². The largest absolute Gasteiger partial charge is 0.592 e. The van der Waals surface area contributed by atoms with Crippen molar-refractivity contribution in [1.82, 2.24) is 9.29 Å². The van der Waals surface area contributed by atoms with Crippen LogP contribution >= 0.6 is 0 Å². The number of fused-ring (bicyclic) bond motifs is 2. The van der Waals surface area contributed by atoms with Gasteiger partial charge in [-0.15, -0.1) is 0 Å². The molecule has 0 radical (unpaired) electrons. The van der Waals surface area contributed by atoms with Crippen LogP contribution in [0.2, 0.25) is 0 Å². The molecule has 0 N–H and O–H groups in total. The highest BCUT2D eigenvalue weighted by Gasteiger charge is 2.43. The van der Waals surface area contributed by atoms with E-state index in [-0.39, 0.29) is 6.04 Å². The third kappa shape index (κ3) is 1.23. The number of hydrogen-bond acceptors (Lipinski definition) is 1. The van der Waals surface area contributed by atoms with Crippen LogP contribution < -0.4 is 0 Å². The van der Waals surface area contributed by atoms with Gasteiger partial charge in [-0.05, 0) is 57.4 Å². The van der Waals surface area contributed by atoms with E-state index in [0.29, 0.717) is 0 Å². The summed E-state index contributed by atoms with van der Waals surface area (Å²) in [6.07, 6.45) is 2.14. The summed E-state index contributed by atoms with van der Waals surface area (Å²) in [5.74, 6) is 0. The minimum Gasteiger partial charge on any atom is -0.360 e. The number of hydrogen-bond donors (Lipinski definition) is 0. The van der Waals surface area contributed by atoms with E-state index in [1.807, 2.05) is 23.1 Å². The average molecular weight is 244 g/mol. The lowest BCUT2D eigenvalue weighted by molar-refractivity contribution is 0.448. The second-order valence-corrected chi connectivity index (χ2v) is 5.47. The summed E-state index contributed by atoms with van der Waals surface area (Å²) in [7, 11) is -1.09. The molecule has 3 rings (SSSR count). The normalized spacial score (nSPS) is 22.3. The standard InChI is InChI=1S/C14H18BFN2/c1-8-6-10(3)17-13(8)12(5)14-9(2)7-11(4)18(14)15(17)16/h6-7,10H,1-5H3. The fourth-order valence-corrected chi connectivity index (χ4v) is 3.52. The van der Waals surface area contributed by atoms with Crippen molar-refractivity contribution in [3.8, 4) is 0 Å². The van der Waals surface area contributed by atoms with Gasteiger partial charge in [0.15, 0.2) is 0 Å². The quantitative estimate of drug-likeness (QED) is 0.635. The van der Waals surface area contributed by atoms with Crippen molar-refractivity contribution in [3.63, 3.8) is 0 Å². The predicted molar refractivity (Wildman–Crippen MR) is 73.8 cm³/mol. The van der Waals surface area contributed by atoms with Crippen LogP contribution in [-0.2, 0) is 0 Å². The monoisotopic (exact) mass is 244 g/mol. The van der Waals surface area contributed by atoms with E-state index in [4.69, 9.17) is 0 Å². The number of allylic oxidation sites excluding steroid dienone is 2. The lowest BCUT2D eigenvalue weighted by Gasteiger charge is -2.35. The highest BCUT2D eigenvalue weighted by atomic mass is 19.1. The molecular formula is C14H18BFN2. The van der Waals surface area contributed by atoms with E-state index in [9.17, 15) is 4.32 Å². The molecule has 2 aliphatic rings. The second-order valence-electron chi connectivity index (χ2n) is 5.47. The lowest BCUT2D eigenvalue weighted by Crippen LogP contribution is -2.47. The van der Waals surface area contributed by atoms with Gasteiger partial charge in [0.2, 0.25) is 0 Å². The molecular weight excluding hydrogens is 226 g/mol. The van der Waals surface area contributed by atoms with Gasteiger partial charge in [0, 0.05) is 23.1 Å². The van der Waals surface area contributed by atoms with Gasteiger partial charge in [0.25, 0.3) is 0 Å². The SMILES string of the molecule is CC1=CC(C)N2B(F)n3c(C)cc(C)c3C(C)=C12. The smallest absolute Gasteiger partial charge is 0.360 e. The molecule has 1 aromatic rings. The van der Waals surface area contributed by atoms with Crippen molar-refractivity contribution in [2.45, 2.75) is 40.7 Å². The Kier molecular flexibility index (Phi) is 2.28. The van der Waals surface area contributed by atoms with E-state index < -0.39 is 7.26 Å². The van der Waals surface area contributed by atoms with Crippen LogP contribution in [0.25, 0.3) is 5.57 Å². The molecule has 4 heteroatoms. The third-order valence-electron chi connectivity index (χ3n) is 4.13. The Hall–Kier alpha value is -1.45. The summed E-state index contributed by atoms with van der Waals surface area (Å²) >= 11 is 0. The van der Waals surface area contributed by atoms with Gasteiger partial charge in [-0.25, -0.2) is 0 Å². The number of aromatic nitrogens is 1. The first kappa shape index (κ1) is 11.6. The van der Waals surface area contributed by atoms with Gasteiger partial charge < -0.3 is 9.29 Å². The molecule has 18 heavy (non-hydrogen) atoms. The molecule has 0 aliphatic carbocycles. The molecule has 1 atom stereocenters. The molecule has 1 unspecified atom stereocenters. The summed E-state index contributed by atoms with van der Waals surface area (Å²) in [6, 6.07) is 2.19. The zero-order valence-electron chi connectivity index (χ0n) is 11.6. The molecule has 3 heterocycles. The first-order valence-electron chi connectivity index (χ1n) is 6.44. The molecule has 0 saturated carbocycles. The van der Waals surface area contributed by atoms with Crippen LogP contribution in [0.3, 0.4) is 0 Å². The van der Waals surface area contributed by atoms with Crippen molar-refractivity contribution < 1.29 is 4.32 Å². The molecule has 0 fully saturated rings. The summed E-state index contributed by atoms with van der Waals surface area (Å²) < 4.78 is 16.6.